The van der Waals surface area contributed by atoms with Gasteiger partial charge in [-0.15, -0.1) is 34.3 Å². The minimum Gasteiger partial charge on any atom is -0.143 e. The Bertz CT molecular complexity index is 529. The topological polar surface area (TPSA) is 0 Å². The van der Waals surface area contributed by atoms with Gasteiger partial charge in [0.05, 0.1) is 0 Å². The Morgan fingerprint density at radius 2 is 1.95 bits per heavy atom. The molecular weight excluding hydrogens is 292 g/mol. The van der Waals surface area contributed by atoms with Gasteiger partial charge in [-0.05, 0) is 55.9 Å². The van der Waals surface area contributed by atoms with Gasteiger partial charge in [0.2, 0.25) is 0 Å². The summed E-state index contributed by atoms with van der Waals surface area (Å²) in [4.78, 5) is 5.66. The van der Waals surface area contributed by atoms with Crippen LogP contribution in [0, 0.1) is 0 Å². The average molecular weight is 311 g/mol. The van der Waals surface area contributed by atoms with E-state index in [1.54, 1.807) is 10.4 Å². The molecule has 0 bridgehead atoms. The van der Waals surface area contributed by atoms with Gasteiger partial charge in [0.15, 0.2) is 0 Å². The zero-order valence-corrected chi connectivity index (χ0v) is 13.6. The van der Waals surface area contributed by atoms with Crippen LogP contribution in [-0.2, 0) is 19.3 Å². The zero-order chi connectivity index (χ0) is 13.2. The summed E-state index contributed by atoms with van der Waals surface area (Å²) < 4.78 is 0. The van der Waals surface area contributed by atoms with Gasteiger partial charge >= 0.3 is 0 Å². The quantitative estimate of drug-likeness (QED) is 0.484. The first-order chi connectivity index (χ1) is 9.28. The van der Waals surface area contributed by atoms with Crippen LogP contribution in [0.2, 0.25) is 0 Å². The van der Waals surface area contributed by atoms with E-state index in [2.05, 4.69) is 25.1 Å². The summed E-state index contributed by atoms with van der Waals surface area (Å²) in [5.41, 5.74) is 1.57. The maximum absolute atomic E-state index is 6.68. The summed E-state index contributed by atoms with van der Waals surface area (Å²) in [6.07, 6.45) is 7.68. The molecule has 0 fully saturated rings. The van der Waals surface area contributed by atoms with Crippen molar-refractivity contribution in [1.82, 2.24) is 0 Å². The van der Waals surface area contributed by atoms with Crippen molar-refractivity contribution in [3.8, 4) is 0 Å². The molecule has 1 aliphatic carbocycles. The molecule has 19 heavy (non-hydrogen) atoms. The molecule has 0 saturated carbocycles. The lowest BCUT2D eigenvalue weighted by molar-refractivity contribution is 0.712. The van der Waals surface area contributed by atoms with E-state index in [1.807, 2.05) is 22.7 Å². The lowest BCUT2D eigenvalue weighted by Gasteiger charge is -2.03. The van der Waals surface area contributed by atoms with E-state index in [4.69, 9.17) is 11.6 Å². The van der Waals surface area contributed by atoms with Gasteiger partial charge in [0, 0.05) is 19.5 Å². The van der Waals surface area contributed by atoms with Crippen LogP contribution in [0.5, 0.6) is 0 Å². The molecule has 0 amide bonds. The van der Waals surface area contributed by atoms with Crippen LogP contribution in [0.15, 0.2) is 18.2 Å². The first-order valence-electron chi connectivity index (χ1n) is 7.12. The second kappa shape index (κ2) is 5.99. The van der Waals surface area contributed by atoms with Crippen molar-refractivity contribution < 1.29 is 0 Å². The molecule has 0 N–H and O–H groups in total. The highest BCUT2D eigenvalue weighted by atomic mass is 35.5. The van der Waals surface area contributed by atoms with E-state index in [0.29, 0.717) is 0 Å². The smallest absolute Gasteiger partial charge is 0.102 e. The Hall–Kier alpha value is -0.310. The molecule has 0 saturated heterocycles. The number of fused-ring (bicyclic) bond motifs is 1. The fourth-order valence-corrected chi connectivity index (χ4v) is 5.36. The maximum Gasteiger partial charge on any atom is 0.102 e. The molecule has 2 aromatic heterocycles. The van der Waals surface area contributed by atoms with E-state index < -0.39 is 0 Å². The summed E-state index contributed by atoms with van der Waals surface area (Å²) in [6.45, 7) is 2.20. The Morgan fingerprint density at radius 1 is 1.11 bits per heavy atom. The molecule has 102 valence electrons. The van der Waals surface area contributed by atoms with Gasteiger partial charge in [0.1, 0.15) is 5.38 Å². The number of thiophene rings is 2. The van der Waals surface area contributed by atoms with Gasteiger partial charge in [-0.3, -0.25) is 0 Å². The average Bonchev–Trinajstić information content (AvgIpc) is 3.00. The monoisotopic (exact) mass is 310 g/mol. The first-order valence-corrected chi connectivity index (χ1v) is 9.19. The first kappa shape index (κ1) is 13.7. The molecule has 3 heteroatoms. The van der Waals surface area contributed by atoms with Crippen molar-refractivity contribution in [3.63, 3.8) is 0 Å². The summed E-state index contributed by atoms with van der Waals surface area (Å²) >= 11 is 10.5. The van der Waals surface area contributed by atoms with E-state index in [9.17, 15) is 0 Å². The number of halogens is 1. The molecule has 0 spiro atoms. The Kier molecular flexibility index (Phi) is 4.30. The van der Waals surface area contributed by atoms with E-state index in [-0.39, 0.29) is 5.38 Å². The Labute approximate surface area is 128 Å². The van der Waals surface area contributed by atoms with Gasteiger partial charge in [-0.1, -0.05) is 13.3 Å². The molecule has 1 atom stereocenters. The summed E-state index contributed by atoms with van der Waals surface area (Å²) in [5, 5.41) is 0.0576. The minimum absolute atomic E-state index is 0.0576. The van der Waals surface area contributed by atoms with Crippen molar-refractivity contribution in [1.29, 1.82) is 0 Å². The lowest BCUT2D eigenvalue weighted by atomic mass is 10.1. The second-order valence-corrected chi connectivity index (χ2v) is 7.98. The molecule has 0 aliphatic heterocycles. The predicted molar refractivity (Wildman–Crippen MR) is 87.0 cm³/mol. The molecule has 1 unspecified atom stereocenters. The molecular formula is C16H19ClS2. The van der Waals surface area contributed by atoms with Gasteiger partial charge in [-0.2, -0.15) is 0 Å². The largest absolute Gasteiger partial charge is 0.143 e. The number of hydrogen-bond donors (Lipinski definition) is 0. The summed E-state index contributed by atoms with van der Waals surface area (Å²) in [7, 11) is 0. The SMILES string of the molecule is CCc1ccc(C(Cl)c2cc3c(s2)CCCCC3)s1. The third-order valence-electron chi connectivity index (χ3n) is 3.80. The second-order valence-electron chi connectivity index (χ2n) is 5.18. The van der Waals surface area contributed by atoms with E-state index in [1.165, 1.54) is 46.7 Å². The van der Waals surface area contributed by atoms with Gasteiger partial charge in [-0.25, -0.2) is 0 Å². The number of aryl methyl sites for hydroxylation is 3. The zero-order valence-electron chi connectivity index (χ0n) is 11.2. The molecule has 1 aliphatic rings. The molecule has 2 heterocycles. The molecule has 2 aromatic rings. The summed E-state index contributed by atoms with van der Waals surface area (Å²) in [5.74, 6) is 0. The molecule has 0 aromatic carbocycles. The summed E-state index contributed by atoms with van der Waals surface area (Å²) in [6, 6.07) is 6.79. The number of rotatable bonds is 3. The van der Waals surface area contributed by atoms with Crippen LogP contribution in [0.4, 0.5) is 0 Å². The van der Waals surface area contributed by atoms with Crippen molar-refractivity contribution in [2.75, 3.05) is 0 Å². The molecule has 3 rings (SSSR count). The van der Waals surface area contributed by atoms with Crippen LogP contribution >= 0.6 is 34.3 Å². The highest BCUT2D eigenvalue weighted by Crippen LogP contribution is 2.40. The number of hydrogen-bond acceptors (Lipinski definition) is 2. The highest BCUT2D eigenvalue weighted by Gasteiger charge is 2.19. The van der Waals surface area contributed by atoms with Crippen molar-refractivity contribution >= 4 is 34.3 Å². The minimum atomic E-state index is 0.0576. The van der Waals surface area contributed by atoms with Crippen LogP contribution in [0.3, 0.4) is 0 Å². The van der Waals surface area contributed by atoms with Crippen molar-refractivity contribution in [2.45, 2.75) is 50.8 Å². The van der Waals surface area contributed by atoms with Gasteiger partial charge < -0.3 is 0 Å². The molecule has 0 nitrogen and oxygen atoms in total. The van der Waals surface area contributed by atoms with Crippen LogP contribution in [0.1, 0.15) is 56.6 Å². The number of alkyl halides is 1. The predicted octanol–water partition coefficient (Wildman–Crippen LogP) is 5.97. The van der Waals surface area contributed by atoms with Crippen molar-refractivity contribution in [2.24, 2.45) is 0 Å². The van der Waals surface area contributed by atoms with Gasteiger partial charge in [0.25, 0.3) is 0 Å². The van der Waals surface area contributed by atoms with E-state index in [0.717, 1.165) is 6.42 Å². The third-order valence-corrected chi connectivity index (χ3v) is 7.12. The standard InChI is InChI=1S/C16H19ClS2/c1-2-12-8-9-14(18-12)16(17)15-10-11-6-4-3-5-7-13(11)19-15/h8-10,16H,2-7H2,1H3. The third kappa shape index (κ3) is 2.91. The lowest BCUT2D eigenvalue weighted by Crippen LogP contribution is -1.86. The maximum atomic E-state index is 6.68. The van der Waals surface area contributed by atoms with Crippen LogP contribution < -0.4 is 0 Å². The van der Waals surface area contributed by atoms with Crippen molar-refractivity contribution in [3.05, 3.63) is 43.3 Å². The Morgan fingerprint density at radius 3 is 2.74 bits per heavy atom. The van der Waals surface area contributed by atoms with Crippen LogP contribution in [-0.4, -0.2) is 0 Å². The van der Waals surface area contributed by atoms with E-state index >= 15 is 0 Å². The normalized spacial score (nSPS) is 16.9. The highest BCUT2D eigenvalue weighted by molar-refractivity contribution is 7.14. The fraction of sp³-hybridized carbons (Fsp3) is 0.500. The molecule has 0 radical (unpaired) electrons. The Balaban J connectivity index is 1.85. The fourth-order valence-electron chi connectivity index (χ4n) is 2.68. The van der Waals surface area contributed by atoms with Crippen LogP contribution in [0.25, 0.3) is 0 Å².